The predicted molar refractivity (Wildman–Crippen MR) is 104 cm³/mol. The molecule has 2 rings (SSSR count). The summed E-state index contributed by atoms with van der Waals surface area (Å²) in [5.41, 5.74) is 2.93. The highest BCUT2D eigenvalue weighted by Crippen LogP contribution is 2.23. The van der Waals surface area contributed by atoms with E-state index in [1.165, 1.54) is 0 Å². The van der Waals surface area contributed by atoms with E-state index in [1.807, 2.05) is 56.3 Å². The Balaban J connectivity index is 1.87. The van der Waals surface area contributed by atoms with Crippen molar-refractivity contribution >= 4 is 11.7 Å². The molecule has 0 atom stereocenters. The molecule has 2 amide bonds. The number of rotatable bonds is 8. The Morgan fingerprint density at radius 1 is 1.00 bits per heavy atom. The van der Waals surface area contributed by atoms with Crippen LogP contribution < -0.4 is 25.4 Å². The fourth-order valence-electron chi connectivity index (χ4n) is 2.50. The van der Waals surface area contributed by atoms with E-state index in [4.69, 9.17) is 9.47 Å². The number of benzene rings is 2. The number of ether oxygens (including phenoxy) is 2. The Bertz CT molecular complexity index is 715. The van der Waals surface area contributed by atoms with Gasteiger partial charge < -0.3 is 25.4 Å². The van der Waals surface area contributed by atoms with E-state index in [-0.39, 0.29) is 12.1 Å². The number of anilines is 1. The first-order valence-corrected chi connectivity index (χ1v) is 8.60. The van der Waals surface area contributed by atoms with Gasteiger partial charge in [-0.3, -0.25) is 0 Å². The third kappa shape index (κ3) is 5.97. The minimum absolute atomic E-state index is 0.104. The van der Waals surface area contributed by atoms with Gasteiger partial charge in [0.15, 0.2) is 0 Å². The van der Waals surface area contributed by atoms with Crippen molar-refractivity contribution in [3.63, 3.8) is 0 Å². The zero-order valence-electron chi connectivity index (χ0n) is 15.8. The molecule has 0 aliphatic rings. The molecule has 6 nitrogen and oxygen atoms in total. The first-order chi connectivity index (χ1) is 12.5. The topological polar surface area (TPSA) is 71.6 Å². The monoisotopic (exact) mass is 357 g/mol. The lowest BCUT2D eigenvalue weighted by Gasteiger charge is -2.12. The fourth-order valence-corrected chi connectivity index (χ4v) is 2.50. The lowest BCUT2D eigenvalue weighted by molar-refractivity contribution is 0.250. The summed E-state index contributed by atoms with van der Waals surface area (Å²) in [6.07, 6.45) is 0. The summed E-state index contributed by atoms with van der Waals surface area (Å²) in [6.45, 7) is 5.22. The van der Waals surface area contributed by atoms with Gasteiger partial charge in [0.2, 0.25) is 0 Å². The highest BCUT2D eigenvalue weighted by molar-refractivity contribution is 5.89. The third-order valence-electron chi connectivity index (χ3n) is 3.76. The quantitative estimate of drug-likeness (QED) is 0.676. The molecule has 0 aliphatic carbocycles. The van der Waals surface area contributed by atoms with E-state index in [0.717, 1.165) is 28.3 Å². The molecular formula is C20H27N3O3. The van der Waals surface area contributed by atoms with Crippen molar-refractivity contribution in [2.24, 2.45) is 0 Å². The van der Waals surface area contributed by atoms with Gasteiger partial charge in [0.1, 0.15) is 11.5 Å². The summed E-state index contributed by atoms with van der Waals surface area (Å²) in [4.78, 5) is 11.7. The molecule has 0 aromatic heterocycles. The van der Waals surface area contributed by atoms with Gasteiger partial charge in [-0.1, -0.05) is 12.1 Å². The second-order valence-electron chi connectivity index (χ2n) is 6.23. The minimum Gasteiger partial charge on any atom is -0.497 e. The third-order valence-corrected chi connectivity index (χ3v) is 3.76. The molecule has 3 N–H and O–H groups in total. The number of nitrogens with one attached hydrogen (secondary N) is 3. The first kappa shape index (κ1) is 19.6. The van der Waals surface area contributed by atoms with Crippen molar-refractivity contribution in [2.75, 3.05) is 19.5 Å². The molecule has 6 heteroatoms. The van der Waals surface area contributed by atoms with Gasteiger partial charge in [-0.25, -0.2) is 4.79 Å². The summed E-state index contributed by atoms with van der Waals surface area (Å²) in [5.74, 6) is 1.63. The van der Waals surface area contributed by atoms with Crippen molar-refractivity contribution in [1.29, 1.82) is 0 Å². The van der Waals surface area contributed by atoms with Crippen LogP contribution in [0.15, 0.2) is 42.5 Å². The van der Waals surface area contributed by atoms with E-state index in [9.17, 15) is 4.79 Å². The zero-order chi connectivity index (χ0) is 18.9. The van der Waals surface area contributed by atoms with Gasteiger partial charge in [0.05, 0.1) is 14.2 Å². The Kier molecular flexibility index (Phi) is 7.29. The second-order valence-corrected chi connectivity index (χ2v) is 6.23. The molecule has 0 aliphatic heterocycles. The highest BCUT2D eigenvalue weighted by atomic mass is 16.5. The number of hydrogen-bond donors (Lipinski definition) is 3. The van der Waals surface area contributed by atoms with Crippen molar-refractivity contribution in [3.8, 4) is 11.5 Å². The Morgan fingerprint density at radius 3 is 2.35 bits per heavy atom. The maximum absolute atomic E-state index is 11.7. The number of carbonyl (C=O) groups excluding carboxylic acids is 1. The molecule has 26 heavy (non-hydrogen) atoms. The Labute approximate surface area is 154 Å². The maximum Gasteiger partial charge on any atom is 0.319 e. The minimum atomic E-state index is -0.198. The molecular weight excluding hydrogens is 330 g/mol. The van der Waals surface area contributed by atoms with E-state index >= 15 is 0 Å². The molecule has 0 saturated heterocycles. The Hall–Kier alpha value is -2.73. The molecule has 0 unspecified atom stereocenters. The van der Waals surface area contributed by atoms with E-state index in [2.05, 4.69) is 16.0 Å². The molecule has 0 fully saturated rings. The van der Waals surface area contributed by atoms with Gasteiger partial charge in [0.25, 0.3) is 0 Å². The van der Waals surface area contributed by atoms with Crippen LogP contribution in [-0.2, 0) is 13.1 Å². The number of amides is 2. The normalized spacial score (nSPS) is 10.5. The fraction of sp³-hybridized carbons (Fsp3) is 0.350. The maximum atomic E-state index is 11.7. The van der Waals surface area contributed by atoms with Crippen LogP contribution in [0.3, 0.4) is 0 Å². The van der Waals surface area contributed by atoms with Crippen LogP contribution in [0.1, 0.15) is 25.0 Å². The lowest BCUT2D eigenvalue weighted by Crippen LogP contribution is -2.34. The van der Waals surface area contributed by atoms with Crippen molar-refractivity contribution < 1.29 is 14.3 Å². The van der Waals surface area contributed by atoms with Crippen LogP contribution in [-0.4, -0.2) is 26.3 Å². The molecule has 0 saturated carbocycles. The zero-order valence-corrected chi connectivity index (χ0v) is 15.8. The molecule has 0 spiro atoms. The summed E-state index contributed by atoms with van der Waals surface area (Å²) in [6, 6.07) is 13.4. The number of urea groups is 1. The van der Waals surface area contributed by atoms with Gasteiger partial charge in [-0.05, 0) is 49.7 Å². The van der Waals surface area contributed by atoms with E-state index in [1.54, 1.807) is 14.2 Å². The van der Waals surface area contributed by atoms with Gasteiger partial charge in [0, 0.05) is 30.4 Å². The van der Waals surface area contributed by atoms with Crippen LogP contribution in [0.2, 0.25) is 0 Å². The summed E-state index contributed by atoms with van der Waals surface area (Å²) >= 11 is 0. The largest absolute Gasteiger partial charge is 0.497 e. The molecule has 2 aromatic carbocycles. The number of methoxy groups -OCH3 is 2. The lowest BCUT2D eigenvalue weighted by atomic mass is 10.1. The number of hydrogen-bond acceptors (Lipinski definition) is 4. The van der Waals surface area contributed by atoms with E-state index < -0.39 is 0 Å². The van der Waals surface area contributed by atoms with Crippen molar-refractivity contribution in [1.82, 2.24) is 10.6 Å². The number of carbonyl (C=O) groups is 1. The summed E-state index contributed by atoms with van der Waals surface area (Å²) < 4.78 is 10.7. The van der Waals surface area contributed by atoms with Gasteiger partial charge in [-0.15, -0.1) is 0 Å². The van der Waals surface area contributed by atoms with Crippen molar-refractivity contribution in [2.45, 2.75) is 33.0 Å². The molecule has 0 bridgehead atoms. The van der Waals surface area contributed by atoms with Crippen LogP contribution in [0, 0.1) is 0 Å². The van der Waals surface area contributed by atoms with Gasteiger partial charge >= 0.3 is 6.03 Å². The smallest absolute Gasteiger partial charge is 0.319 e. The van der Waals surface area contributed by atoms with Crippen LogP contribution >= 0.6 is 0 Å². The van der Waals surface area contributed by atoms with E-state index in [0.29, 0.717) is 13.1 Å². The van der Waals surface area contributed by atoms with Crippen LogP contribution in [0.25, 0.3) is 0 Å². The average molecular weight is 357 g/mol. The average Bonchev–Trinajstić information content (AvgIpc) is 2.62. The van der Waals surface area contributed by atoms with Crippen LogP contribution in [0.5, 0.6) is 11.5 Å². The predicted octanol–water partition coefficient (Wildman–Crippen LogP) is 3.52. The standard InChI is InChI=1S/C20H27N3O3/c1-14(2)22-20(24)23-17-7-5-15(6-8-17)12-21-13-16-11-18(25-3)9-10-19(16)26-4/h5-11,14,21H,12-13H2,1-4H3,(H2,22,23,24). The Morgan fingerprint density at radius 2 is 1.73 bits per heavy atom. The molecule has 0 heterocycles. The second kappa shape index (κ2) is 9.68. The molecule has 2 aromatic rings. The first-order valence-electron chi connectivity index (χ1n) is 8.60. The summed E-state index contributed by atoms with van der Waals surface area (Å²) in [5, 5.41) is 9.00. The molecule has 140 valence electrons. The van der Waals surface area contributed by atoms with Gasteiger partial charge in [-0.2, -0.15) is 0 Å². The summed E-state index contributed by atoms with van der Waals surface area (Å²) in [7, 11) is 3.31. The SMILES string of the molecule is COc1ccc(OC)c(CNCc2ccc(NC(=O)NC(C)C)cc2)c1. The molecule has 0 radical (unpaired) electrons. The van der Waals surface area contributed by atoms with Crippen LogP contribution in [0.4, 0.5) is 10.5 Å². The van der Waals surface area contributed by atoms with Crippen molar-refractivity contribution in [3.05, 3.63) is 53.6 Å². The highest BCUT2D eigenvalue weighted by Gasteiger charge is 2.06.